The van der Waals surface area contributed by atoms with Gasteiger partial charge in [-0.3, -0.25) is 9.80 Å². The highest BCUT2D eigenvalue weighted by molar-refractivity contribution is 5.74. The van der Waals surface area contributed by atoms with E-state index in [1.54, 1.807) is 0 Å². The molecule has 2 N–H and O–H groups in total. The zero-order valence-electron chi connectivity index (χ0n) is 20.7. The van der Waals surface area contributed by atoms with E-state index in [2.05, 4.69) is 84.2 Å². The number of nitrogens with zero attached hydrogens (tertiary/aromatic N) is 3. The zero-order valence-corrected chi connectivity index (χ0v) is 20.7. The average Bonchev–Trinajstić information content (AvgIpc) is 2.77. The number of nitrogens with one attached hydrogen (secondary N) is 2. The largest absolute Gasteiger partial charge is 0.373 e. The number of benzene rings is 1. The van der Waals surface area contributed by atoms with Crippen LogP contribution < -0.4 is 10.6 Å². The van der Waals surface area contributed by atoms with Crippen LogP contribution in [0, 0.1) is 0 Å². The lowest BCUT2D eigenvalue weighted by atomic mass is 10.00. The third-order valence-corrected chi connectivity index (χ3v) is 6.82. The minimum atomic E-state index is -0.123. The number of hydrogen-bond donors (Lipinski definition) is 2. The van der Waals surface area contributed by atoms with Crippen molar-refractivity contribution in [1.29, 1.82) is 0 Å². The molecular formula is C25H43N5O2. The van der Waals surface area contributed by atoms with E-state index in [9.17, 15) is 4.79 Å². The molecule has 180 valence electrons. The van der Waals surface area contributed by atoms with Gasteiger partial charge in [0.25, 0.3) is 0 Å². The molecule has 1 aromatic carbocycles. The molecule has 2 heterocycles. The van der Waals surface area contributed by atoms with Gasteiger partial charge in [-0.15, -0.1) is 0 Å². The van der Waals surface area contributed by atoms with E-state index in [-0.39, 0.29) is 23.8 Å². The van der Waals surface area contributed by atoms with Gasteiger partial charge in [-0.1, -0.05) is 31.2 Å². The van der Waals surface area contributed by atoms with Gasteiger partial charge < -0.3 is 20.3 Å². The molecule has 3 rings (SSSR count). The van der Waals surface area contributed by atoms with E-state index in [1.807, 2.05) is 0 Å². The summed E-state index contributed by atoms with van der Waals surface area (Å²) < 4.78 is 5.85. The van der Waals surface area contributed by atoms with Gasteiger partial charge in [-0.25, -0.2) is 4.79 Å². The van der Waals surface area contributed by atoms with Crippen molar-refractivity contribution in [2.45, 2.75) is 65.5 Å². The molecule has 0 saturated carbocycles. The smallest absolute Gasteiger partial charge is 0.315 e. The van der Waals surface area contributed by atoms with Crippen LogP contribution in [0.15, 0.2) is 24.3 Å². The number of carbonyl (C=O) groups is 1. The molecule has 2 fully saturated rings. The second-order valence-corrected chi connectivity index (χ2v) is 9.99. The molecule has 7 heteroatoms. The van der Waals surface area contributed by atoms with Crippen molar-refractivity contribution in [3.05, 3.63) is 35.4 Å². The lowest BCUT2D eigenvalue weighted by molar-refractivity contribution is -0.0947. The molecule has 32 heavy (non-hydrogen) atoms. The quantitative estimate of drug-likeness (QED) is 0.644. The number of ether oxygens (including phenoxy) is 1. The van der Waals surface area contributed by atoms with Crippen LogP contribution in [0.25, 0.3) is 0 Å². The second kappa shape index (κ2) is 11.5. The third kappa shape index (κ3) is 7.17. The second-order valence-electron chi connectivity index (χ2n) is 9.99. The van der Waals surface area contributed by atoms with Crippen molar-refractivity contribution in [1.82, 2.24) is 25.3 Å². The number of morpholine rings is 1. The summed E-state index contributed by atoms with van der Waals surface area (Å²) in [4.78, 5) is 20.0. The minimum Gasteiger partial charge on any atom is -0.373 e. The van der Waals surface area contributed by atoms with Gasteiger partial charge in [-0.2, -0.15) is 0 Å². The van der Waals surface area contributed by atoms with Gasteiger partial charge in [0.2, 0.25) is 0 Å². The maximum atomic E-state index is 12.6. The predicted molar refractivity (Wildman–Crippen MR) is 130 cm³/mol. The zero-order chi connectivity index (χ0) is 23.1. The molecule has 0 spiro atoms. The van der Waals surface area contributed by atoms with Crippen LogP contribution in [0.4, 0.5) is 4.79 Å². The third-order valence-electron chi connectivity index (χ3n) is 6.82. The molecule has 2 saturated heterocycles. The maximum Gasteiger partial charge on any atom is 0.315 e. The number of carbonyl (C=O) groups excluding carboxylic acids is 1. The molecule has 2 amide bonds. The van der Waals surface area contributed by atoms with Crippen LogP contribution in [-0.4, -0.2) is 90.8 Å². The van der Waals surface area contributed by atoms with E-state index in [4.69, 9.17) is 4.74 Å². The standard InChI is InChI=1S/C25H43N5O2/c1-6-28-11-13-29(14-12-28)18-23-10-8-7-9-22(23)15-26-24(31)27-19-25(4,5)30-16-20(2)32-21(3)17-30/h7-10,20-21H,6,11-19H2,1-5H3,(H2,26,27,31). The highest BCUT2D eigenvalue weighted by atomic mass is 16.5. The Balaban J connectivity index is 1.47. The molecule has 0 radical (unpaired) electrons. The van der Waals surface area contributed by atoms with Crippen LogP contribution in [0.3, 0.4) is 0 Å². The molecule has 0 aromatic heterocycles. The Morgan fingerprint density at radius 2 is 1.59 bits per heavy atom. The van der Waals surface area contributed by atoms with Crippen molar-refractivity contribution in [3.63, 3.8) is 0 Å². The van der Waals surface area contributed by atoms with Gasteiger partial charge in [0, 0.05) is 64.4 Å². The van der Waals surface area contributed by atoms with Gasteiger partial charge in [-0.05, 0) is 45.4 Å². The minimum absolute atomic E-state index is 0.112. The van der Waals surface area contributed by atoms with Crippen molar-refractivity contribution in [3.8, 4) is 0 Å². The number of piperazine rings is 1. The topological polar surface area (TPSA) is 60.1 Å². The Morgan fingerprint density at radius 1 is 1.00 bits per heavy atom. The number of urea groups is 1. The number of amides is 2. The highest BCUT2D eigenvalue weighted by Crippen LogP contribution is 2.20. The Bertz CT molecular complexity index is 723. The van der Waals surface area contributed by atoms with Gasteiger partial charge in [0.1, 0.15) is 0 Å². The fourth-order valence-corrected chi connectivity index (χ4v) is 4.71. The molecule has 2 aliphatic rings. The lowest BCUT2D eigenvalue weighted by Crippen LogP contribution is -2.59. The summed E-state index contributed by atoms with van der Waals surface area (Å²) in [6.07, 6.45) is 0.432. The summed E-state index contributed by atoms with van der Waals surface area (Å²) in [6.45, 7) is 20.3. The fraction of sp³-hybridized carbons (Fsp3) is 0.720. The van der Waals surface area contributed by atoms with Crippen LogP contribution in [0.2, 0.25) is 0 Å². The first kappa shape index (κ1) is 25.0. The Hall–Kier alpha value is -1.67. The summed E-state index contributed by atoms with van der Waals surface area (Å²) in [7, 11) is 0. The van der Waals surface area contributed by atoms with Crippen molar-refractivity contribution in [2.75, 3.05) is 52.4 Å². The van der Waals surface area contributed by atoms with E-state index in [0.29, 0.717) is 13.1 Å². The van der Waals surface area contributed by atoms with Crippen LogP contribution in [0.5, 0.6) is 0 Å². The normalized spacial score (nSPS) is 23.8. The average molecular weight is 446 g/mol. The first-order valence-electron chi connectivity index (χ1n) is 12.2. The molecule has 1 aromatic rings. The lowest BCUT2D eigenvalue weighted by Gasteiger charge is -2.45. The number of hydrogen-bond acceptors (Lipinski definition) is 5. The SMILES string of the molecule is CCN1CCN(Cc2ccccc2CNC(=O)NCC(C)(C)N2CC(C)OC(C)C2)CC1. The summed E-state index contributed by atoms with van der Waals surface area (Å²) in [5.41, 5.74) is 2.37. The van der Waals surface area contributed by atoms with Gasteiger partial charge >= 0.3 is 6.03 Å². The van der Waals surface area contributed by atoms with Crippen LogP contribution in [-0.2, 0) is 17.8 Å². The summed E-state index contributed by atoms with van der Waals surface area (Å²) >= 11 is 0. The van der Waals surface area contributed by atoms with Gasteiger partial charge in [0.15, 0.2) is 0 Å². The first-order valence-corrected chi connectivity index (χ1v) is 12.2. The van der Waals surface area contributed by atoms with E-state index in [0.717, 1.165) is 52.4 Å². The Kier molecular flexibility index (Phi) is 8.94. The van der Waals surface area contributed by atoms with Gasteiger partial charge in [0.05, 0.1) is 12.2 Å². The Morgan fingerprint density at radius 3 is 2.22 bits per heavy atom. The monoisotopic (exact) mass is 445 g/mol. The number of likely N-dealkylation sites (N-methyl/N-ethyl adjacent to an activating group) is 1. The molecule has 0 bridgehead atoms. The summed E-state index contributed by atoms with van der Waals surface area (Å²) in [6, 6.07) is 8.34. The summed E-state index contributed by atoms with van der Waals surface area (Å²) in [5.74, 6) is 0. The van der Waals surface area contributed by atoms with E-state index in [1.165, 1.54) is 11.1 Å². The van der Waals surface area contributed by atoms with Crippen molar-refractivity contribution < 1.29 is 9.53 Å². The molecule has 2 unspecified atom stereocenters. The van der Waals surface area contributed by atoms with Crippen molar-refractivity contribution >= 4 is 6.03 Å². The van der Waals surface area contributed by atoms with E-state index >= 15 is 0 Å². The predicted octanol–water partition coefficient (Wildman–Crippen LogP) is 2.51. The molecule has 2 aliphatic heterocycles. The van der Waals surface area contributed by atoms with Crippen LogP contribution >= 0.6 is 0 Å². The van der Waals surface area contributed by atoms with Crippen molar-refractivity contribution in [2.24, 2.45) is 0 Å². The molecular weight excluding hydrogens is 402 g/mol. The van der Waals surface area contributed by atoms with E-state index < -0.39 is 0 Å². The maximum absolute atomic E-state index is 12.6. The highest BCUT2D eigenvalue weighted by Gasteiger charge is 2.33. The molecule has 0 aliphatic carbocycles. The Labute approximate surface area is 194 Å². The number of rotatable bonds is 8. The fourth-order valence-electron chi connectivity index (χ4n) is 4.71. The molecule has 2 atom stereocenters. The van der Waals surface area contributed by atoms with Crippen LogP contribution in [0.1, 0.15) is 45.7 Å². The summed E-state index contributed by atoms with van der Waals surface area (Å²) in [5, 5.41) is 6.15. The first-order chi connectivity index (χ1) is 15.3. The molecule has 7 nitrogen and oxygen atoms in total.